The summed E-state index contributed by atoms with van der Waals surface area (Å²) in [5.41, 5.74) is 5.32. The van der Waals surface area contributed by atoms with Crippen LogP contribution in [0.15, 0.2) is 10.6 Å². The van der Waals surface area contributed by atoms with Gasteiger partial charge in [-0.2, -0.15) is 0 Å². The van der Waals surface area contributed by atoms with E-state index in [9.17, 15) is 18.2 Å². The molecule has 1 aliphatic heterocycles. The third-order valence-electron chi connectivity index (χ3n) is 2.65. The number of halogens is 2. The van der Waals surface area contributed by atoms with Gasteiger partial charge >= 0.3 is 6.03 Å². The number of rotatable bonds is 2. The highest BCUT2D eigenvalue weighted by molar-refractivity contribution is 7.87. The zero-order chi connectivity index (χ0) is 12.7. The van der Waals surface area contributed by atoms with E-state index < -0.39 is 41.0 Å². The van der Waals surface area contributed by atoms with Gasteiger partial charge in [0, 0.05) is 12.1 Å². The van der Waals surface area contributed by atoms with Crippen molar-refractivity contribution >= 4 is 34.5 Å². The maximum Gasteiger partial charge on any atom is 0.336 e. The average molecular weight is 282 g/mol. The first-order valence-corrected chi connectivity index (χ1v) is 6.24. The highest BCUT2D eigenvalue weighted by atomic mass is 35.5. The number of allylic oxidation sites excluding steroid dienone is 1. The van der Waals surface area contributed by atoms with Crippen LogP contribution in [0.2, 0.25) is 0 Å². The SMILES string of the molecule is NC(=O)[C@H]1C2=C(CC1Cl)S(=O)N(CF)C(=O)N2. The number of alkyl halides is 2. The van der Waals surface area contributed by atoms with Gasteiger partial charge in [0.25, 0.3) is 0 Å². The average Bonchev–Trinajstić information content (AvgIpc) is 2.55. The minimum Gasteiger partial charge on any atom is -0.369 e. The number of nitrogens with one attached hydrogen (secondary N) is 1. The van der Waals surface area contributed by atoms with Crippen molar-refractivity contribution in [3.63, 3.8) is 0 Å². The molecule has 0 aromatic heterocycles. The summed E-state index contributed by atoms with van der Waals surface area (Å²) >= 11 is 5.91. The summed E-state index contributed by atoms with van der Waals surface area (Å²) in [5.74, 6) is -1.60. The molecule has 3 atom stereocenters. The van der Waals surface area contributed by atoms with Crippen LogP contribution >= 0.6 is 11.6 Å². The first kappa shape index (κ1) is 12.3. The second kappa shape index (κ2) is 4.26. The summed E-state index contributed by atoms with van der Waals surface area (Å²) in [6.07, 6.45) is 0.133. The second-order valence-electron chi connectivity index (χ2n) is 3.61. The van der Waals surface area contributed by atoms with Gasteiger partial charge in [0.1, 0.15) is 0 Å². The van der Waals surface area contributed by atoms with Crippen LogP contribution in [0.4, 0.5) is 9.18 Å². The quantitative estimate of drug-likeness (QED) is 0.548. The predicted molar refractivity (Wildman–Crippen MR) is 58.5 cm³/mol. The molecule has 0 aromatic carbocycles. The molecule has 1 aliphatic carbocycles. The predicted octanol–water partition coefficient (Wildman–Crippen LogP) is -0.0735. The lowest BCUT2D eigenvalue weighted by atomic mass is 10.1. The lowest BCUT2D eigenvalue weighted by Crippen LogP contribution is -2.47. The third kappa shape index (κ3) is 1.81. The van der Waals surface area contributed by atoms with Crippen molar-refractivity contribution in [1.29, 1.82) is 0 Å². The van der Waals surface area contributed by atoms with Crippen LogP contribution in [0.25, 0.3) is 0 Å². The zero-order valence-corrected chi connectivity index (χ0v) is 10.1. The summed E-state index contributed by atoms with van der Waals surface area (Å²) in [6, 6.07) is -0.860. The molecule has 0 saturated carbocycles. The van der Waals surface area contributed by atoms with Gasteiger partial charge in [0.2, 0.25) is 5.91 Å². The molecule has 0 saturated heterocycles. The Hall–Kier alpha value is -1.15. The van der Waals surface area contributed by atoms with Gasteiger partial charge in [-0.05, 0) is 0 Å². The normalized spacial score (nSPS) is 32.5. The highest BCUT2D eigenvalue weighted by Gasteiger charge is 2.45. The van der Waals surface area contributed by atoms with E-state index in [1.54, 1.807) is 0 Å². The number of primary amides is 1. The van der Waals surface area contributed by atoms with E-state index in [2.05, 4.69) is 5.32 Å². The number of hydrogen-bond donors (Lipinski definition) is 2. The van der Waals surface area contributed by atoms with Crippen molar-refractivity contribution in [2.75, 3.05) is 6.80 Å². The molecule has 0 spiro atoms. The fourth-order valence-corrected chi connectivity index (χ4v) is 3.61. The van der Waals surface area contributed by atoms with Crippen LogP contribution in [0.1, 0.15) is 6.42 Å². The standard InChI is InChI=1S/C8H9ClFN3O3S/c9-3-1-4-6(5(3)7(11)14)12-8(15)13(2-10)17(4)16/h3,5H,1-2H2,(H2,11,14)(H,12,15)/t3?,5-,17?/m1/s1. The van der Waals surface area contributed by atoms with Crippen molar-refractivity contribution in [2.45, 2.75) is 11.8 Å². The second-order valence-corrected chi connectivity index (χ2v) is 5.61. The van der Waals surface area contributed by atoms with E-state index in [1.807, 2.05) is 0 Å². The number of carbonyl (C=O) groups excluding carboxylic acids is 2. The Labute approximate surface area is 104 Å². The lowest BCUT2D eigenvalue weighted by molar-refractivity contribution is -0.120. The van der Waals surface area contributed by atoms with Gasteiger partial charge in [-0.1, -0.05) is 0 Å². The van der Waals surface area contributed by atoms with E-state index in [4.69, 9.17) is 17.3 Å². The third-order valence-corrected chi connectivity index (χ3v) is 4.53. The van der Waals surface area contributed by atoms with Crippen LogP contribution < -0.4 is 11.1 Å². The Morgan fingerprint density at radius 1 is 1.71 bits per heavy atom. The maximum atomic E-state index is 12.5. The van der Waals surface area contributed by atoms with Crippen molar-refractivity contribution < 1.29 is 18.2 Å². The molecule has 94 valence electrons. The largest absolute Gasteiger partial charge is 0.369 e. The monoisotopic (exact) mass is 281 g/mol. The Morgan fingerprint density at radius 2 is 2.35 bits per heavy atom. The summed E-state index contributed by atoms with van der Waals surface area (Å²) < 4.78 is 24.9. The molecule has 0 fully saturated rings. The van der Waals surface area contributed by atoms with Crippen molar-refractivity contribution in [1.82, 2.24) is 9.62 Å². The number of amides is 3. The number of nitrogens with zero attached hydrogens (tertiary/aromatic N) is 1. The van der Waals surface area contributed by atoms with E-state index in [-0.39, 0.29) is 17.0 Å². The summed E-state index contributed by atoms with van der Waals surface area (Å²) in [5, 5.41) is 1.65. The minimum absolute atomic E-state index is 0.133. The van der Waals surface area contributed by atoms with Crippen molar-refractivity contribution in [2.24, 2.45) is 11.7 Å². The Bertz CT molecular complexity index is 455. The fraction of sp³-hybridized carbons (Fsp3) is 0.500. The Morgan fingerprint density at radius 3 is 2.88 bits per heavy atom. The molecule has 3 N–H and O–H groups in total. The van der Waals surface area contributed by atoms with Crippen LogP contribution in [0, 0.1) is 5.92 Å². The molecule has 0 aromatic rings. The molecule has 0 bridgehead atoms. The molecule has 17 heavy (non-hydrogen) atoms. The van der Waals surface area contributed by atoms with Gasteiger partial charge in [-0.15, -0.1) is 11.6 Å². The van der Waals surface area contributed by atoms with Crippen LogP contribution in [-0.2, 0) is 15.8 Å². The topological polar surface area (TPSA) is 92.5 Å². The molecule has 1 heterocycles. The number of carbonyl (C=O) groups is 2. The van der Waals surface area contributed by atoms with Crippen molar-refractivity contribution in [3.8, 4) is 0 Å². The summed E-state index contributed by atoms with van der Waals surface area (Å²) in [4.78, 5) is 22.9. The first-order valence-electron chi connectivity index (χ1n) is 4.70. The van der Waals surface area contributed by atoms with Gasteiger partial charge < -0.3 is 11.1 Å². The first-order chi connectivity index (χ1) is 7.97. The molecule has 2 aliphatic rings. The number of urea groups is 1. The molecule has 9 heteroatoms. The Balaban J connectivity index is 2.41. The van der Waals surface area contributed by atoms with Gasteiger partial charge in [0.15, 0.2) is 17.8 Å². The molecule has 2 unspecified atom stereocenters. The van der Waals surface area contributed by atoms with Gasteiger partial charge in [0.05, 0.1) is 16.2 Å². The van der Waals surface area contributed by atoms with E-state index in [1.165, 1.54) is 0 Å². The zero-order valence-electron chi connectivity index (χ0n) is 8.48. The lowest BCUT2D eigenvalue weighted by Gasteiger charge is -2.26. The molecule has 3 amide bonds. The molecule has 2 rings (SSSR count). The van der Waals surface area contributed by atoms with Crippen molar-refractivity contribution in [3.05, 3.63) is 10.6 Å². The molecular formula is C8H9ClFN3O3S. The Kier molecular flexibility index (Phi) is 3.09. The molecule has 0 radical (unpaired) electrons. The van der Waals surface area contributed by atoms with Gasteiger partial charge in [-0.25, -0.2) is 17.7 Å². The highest BCUT2D eigenvalue weighted by Crippen LogP contribution is 2.38. The number of hydrogen-bond acceptors (Lipinski definition) is 3. The summed E-state index contributed by atoms with van der Waals surface area (Å²) in [6.45, 7) is -1.18. The maximum absolute atomic E-state index is 12.5. The van der Waals surface area contributed by atoms with E-state index >= 15 is 0 Å². The molecular weight excluding hydrogens is 273 g/mol. The van der Waals surface area contributed by atoms with E-state index in [0.29, 0.717) is 4.31 Å². The van der Waals surface area contributed by atoms with Crippen LogP contribution in [0.3, 0.4) is 0 Å². The summed E-state index contributed by atoms with van der Waals surface area (Å²) in [7, 11) is -1.94. The van der Waals surface area contributed by atoms with Gasteiger partial charge in [-0.3, -0.25) is 4.79 Å². The van der Waals surface area contributed by atoms with E-state index in [0.717, 1.165) is 0 Å². The minimum atomic E-state index is -1.94. The number of nitrogens with two attached hydrogens (primary N) is 1. The molecule has 6 nitrogen and oxygen atoms in total. The van der Waals surface area contributed by atoms with Crippen LogP contribution in [0.5, 0.6) is 0 Å². The fourth-order valence-electron chi connectivity index (χ4n) is 1.88. The smallest absolute Gasteiger partial charge is 0.336 e. The van der Waals surface area contributed by atoms with Crippen LogP contribution in [-0.4, -0.2) is 32.6 Å².